The summed E-state index contributed by atoms with van der Waals surface area (Å²) in [6.07, 6.45) is 3.94. The van der Waals surface area contributed by atoms with E-state index in [0.717, 1.165) is 31.1 Å². The van der Waals surface area contributed by atoms with Gasteiger partial charge in [-0.25, -0.2) is 0 Å². The van der Waals surface area contributed by atoms with Crippen molar-refractivity contribution in [3.63, 3.8) is 0 Å². The summed E-state index contributed by atoms with van der Waals surface area (Å²) >= 11 is 11.5. The van der Waals surface area contributed by atoms with Crippen molar-refractivity contribution in [2.24, 2.45) is 0 Å². The fourth-order valence-corrected chi connectivity index (χ4v) is 2.97. The van der Waals surface area contributed by atoms with E-state index in [1.54, 1.807) is 0 Å². The fourth-order valence-electron chi connectivity index (χ4n) is 1.44. The molecule has 0 aliphatic carbocycles. The fraction of sp³-hybridized carbons (Fsp3) is 0.385. The molecule has 0 aliphatic rings. The molecule has 94 valence electrons. The third kappa shape index (κ3) is 6.89. The highest BCUT2D eigenvalue weighted by molar-refractivity contribution is 7.33. The van der Waals surface area contributed by atoms with Crippen LogP contribution < -0.4 is 0 Å². The monoisotopic (exact) mass is 288 g/mol. The Kier molecular flexibility index (Phi) is 7.61. The number of halogens is 2. The molecule has 0 radical (unpaired) electrons. The minimum absolute atomic E-state index is 0.667. The van der Waals surface area contributed by atoms with Crippen LogP contribution in [-0.4, -0.2) is 14.0 Å². The predicted octanol–water partition coefficient (Wildman–Crippen LogP) is 4.32. The van der Waals surface area contributed by atoms with E-state index < -0.39 is 7.42 Å². The Hall–Kier alpha value is -0.283. The van der Waals surface area contributed by atoms with Crippen molar-refractivity contribution in [3.8, 4) is 0 Å². The molecule has 0 aliphatic heterocycles. The second kappa shape index (κ2) is 8.76. The maximum atomic E-state index is 5.77. The first-order valence-electron chi connectivity index (χ1n) is 5.79. The van der Waals surface area contributed by atoms with Crippen LogP contribution in [0.2, 0.25) is 6.04 Å². The van der Waals surface area contributed by atoms with Crippen molar-refractivity contribution >= 4 is 35.7 Å². The van der Waals surface area contributed by atoms with E-state index in [1.165, 1.54) is 5.56 Å². The lowest BCUT2D eigenvalue weighted by Gasteiger charge is -2.05. The summed E-state index contributed by atoms with van der Waals surface area (Å²) < 4.78 is 5.58. The van der Waals surface area contributed by atoms with E-state index in [1.807, 2.05) is 18.2 Å². The Morgan fingerprint density at radius 1 is 1.18 bits per heavy atom. The second-order valence-electron chi connectivity index (χ2n) is 3.89. The predicted molar refractivity (Wildman–Crippen MR) is 79.1 cm³/mol. The molecule has 0 amide bonds. The third-order valence-corrected chi connectivity index (χ3v) is 4.60. The van der Waals surface area contributed by atoms with Crippen LogP contribution in [0.3, 0.4) is 0 Å². The van der Waals surface area contributed by atoms with E-state index in [2.05, 4.69) is 18.7 Å². The summed E-state index contributed by atoms with van der Waals surface area (Å²) in [7, 11) is -1.41. The summed E-state index contributed by atoms with van der Waals surface area (Å²) in [5, 5.41) is 0. The van der Waals surface area contributed by atoms with Gasteiger partial charge in [0.1, 0.15) is 0 Å². The zero-order valence-electron chi connectivity index (χ0n) is 9.87. The van der Waals surface area contributed by atoms with Crippen LogP contribution in [0.5, 0.6) is 0 Å². The highest BCUT2D eigenvalue weighted by Crippen LogP contribution is 2.10. The molecule has 0 heterocycles. The normalized spacial score (nSPS) is 10.8. The van der Waals surface area contributed by atoms with Gasteiger partial charge in [-0.15, -0.1) is 0 Å². The molecule has 1 rings (SSSR count). The van der Waals surface area contributed by atoms with Gasteiger partial charge in [-0.3, -0.25) is 0 Å². The Labute approximate surface area is 114 Å². The molecule has 0 unspecified atom stereocenters. The van der Waals surface area contributed by atoms with Gasteiger partial charge in [-0.2, -0.15) is 22.2 Å². The first kappa shape index (κ1) is 14.8. The standard InChI is InChI=1S/C13H18Cl2OSi/c1-2-12-5-7-13(8-6-12)11-16-9-3-4-10-17(14)15/h2,5-8,17H,1,3-4,9-11H2. The third-order valence-electron chi connectivity index (χ3n) is 2.45. The molecule has 17 heavy (non-hydrogen) atoms. The molecule has 0 bridgehead atoms. The van der Waals surface area contributed by atoms with E-state index in [0.29, 0.717) is 6.61 Å². The Morgan fingerprint density at radius 3 is 2.47 bits per heavy atom. The first-order chi connectivity index (χ1) is 8.22. The number of unbranched alkanes of at least 4 members (excludes halogenated alkanes) is 1. The number of hydrogen-bond acceptors (Lipinski definition) is 1. The molecule has 1 aromatic carbocycles. The van der Waals surface area contributed by atoms with Gasteiger partial charge in [0, 0.05) is 6.61 Å². The van der Waals surface area contributed by atoms with Gasteiger partial charge in [0.05, 0.1) is 6.61 Å². The van der Waals surface area contributed by atoms with Gasteiger partial charge in [0.2, 0.25) is 7.42 Å². The average molecular weight is 289 g/mol. The zero-order chi connectivity index (χ0) is 12.5. The topological polar surface area (TPSA) is 9.23 Å². The van der Waals surface area contributed by atoms with E-state index in [-0.39, 0.29) is 0 Å². The summed E-state index contributed by atoms with van der Waals surface area (Å²) in [4.78, 5) is 0. The Balaban J connectivity index is 2.11. The lowest BCUT2D eigenvalue weighted by molar-refractivity contribution is 0.118. The van der Waals surface area contributed by atoms with Crippen LogP contribution in [0.25, 0.3) is 6.08 Å². The molecule has 0 aromatic heterocycles. The van der Waals surface area contributed by atoms with Gasteiger partial charge in [-0.1, -0.05) is 43.3 Å². The molecule has 0 fully saturated rings. The van der Waals surface area contributed by atoms with Crippen LogP contribution in [0.1, 0.15) is 24.0 Å². The van der Waals surface area contributed by atoms with Crippen molar-refractivity contribution in [1.82, 2.24) is 0 Å². The minimum atomic E-state index is -1.41. The molecule has 1 nitrogen and oxygen atoms in total. The minimum Gasteiger partial charge on any atom is -0.377 e. The maximum absolute atomic E-state index is 5.77. The summed E-state index contributed by atoms with van der Waals surface area (Å²) in [5.41, 5.74) is 2.33. The molecule has 0 N–H and O–H groups in total. The lowest BCUT2D eigenvalue weighted by atomic mass is 10.1. The van der Waals surface area contributed by atoms with Crippen LogP contribution in [-0.2, 0) is 11.3 Å². The van der Waals surface area contributed by atoms with Crippen LogP contribution >= 0.6 is 22.2 Å². The molecule has 0 atom stereocenters. The smallest absolute Gasteiger partial charge is 0.237 e. The zero-order valence-corrected chi connectivity index (χ0v) is 12.5. The molecule has 0 saturated heterocycles. The molecule has 0 saturated carbocycles. The van der Waals surface area contributed by atoms with Crippen LogP contribution in [0, 0.1) is 0 Å². The van der Waals surface area contributed by atoms with Crippen LogP contribution in [0.4, 0.5) is 0 Å². The van der Waals surface area contributed by atoms with E-state index in [4.69, 9.17) is 26.9 Å². The molecule has 0 spiro atoms. The summed E-state index contributed by atoms with van der Waals surface area (Å²) in [5.74, 6) is 0. The van der Waals surface area contributed by atoms with Crippen molar-refractivity contribution < 1.29 is 4.74 Å². The highest BCUT2D eigenvalue weighted by atomic mass is 35.7. The maximum Gasteiger partial charge on any atom is 0.237 e. The second-order valence-corrected chi connectivity index (χ2v) is 9.08. The SMILES string of the molecule is C=Cc1ccc(COCCCC[SiH](Cl)Cl)cc1. The molecular formula is C13H18Cl2OSi. The lowest BCUT2D eigenvalue weighted by Crippen LogP contribution is -1.98. The Bertz CT molecular complexity index is 325. The van der Waals surface area contributed by atoms with Gasteiger partial charge < -0.3 is 4.74 Å². The number of hydrogen-bond donors (Lipinski definition) is 0. The van der Waals surface area contributed by atoms with Crippen molar-refractivity contribution in [1.29, 1.82) is 0 Å². The molecule has 1 aromatic rings. The van der Waals surface area contributed by atoms with E-state index >= 15 is 0 Å². The molecular weight excluding hydrogens is 271 g/mol. The first-order valence-corrected chi connectivity index (χ1v) is 10.1. The Morgan fingerprint density at radius 2 is 1.88 bits per heavy atom. The van der Waals surface area contributed by atoms with E-state index in [9.17, 15) is 0 Å². The van der Waals surface area contributed by atoms with Crippen molar-refractivity contribution in [2.75, 3.05) is 6.61 Å². The van der Waals surface area contributed by atoms with Crippen LogP contribution in [0.15, 0.2) is 30.8 Å². The van der Waals surface area contributed by atoms with Gasteiger partial charge >= 0.3 is 0 Å². The number of benzene rings is 1. The summed E-state index contributed by atoms with van der Waals surface area (Å²) in [6.45, 7) is 5.16. The van der Waals surface area contributed by atoms with Gasteiger partial charge in [0.15, 0.2) is 0 Å². The highest BCUT2D eigenvalue weighted by Gasteiger charge is 2.00. The van der Waals surface area contributed by atoms with Crippen molar-refractivity contribution in [3.05, 3.63) is 42.0 Å². The number of ether oxygens (including phenoxy) is 1. The quantitative estimate of drug-likeness (QED) is 0.393. The number of rotatable bonds is 8. The van der Waals surface area contributed by atoms with Gasteiger partial charge in [0.25, 0.3) is 0 Å². The van der Waals surface area contributed by atoms with Gasteiger partial charge in [-0.05, 0) is 23.6 Å². The largest absolute Gasteiger partial charge is 0.377 e. The summed E-state index contributed by atoms with van der Waals surface area (Å²) in [6, 6.07) is 9.20. The molecule has 4 heteroatoms. The average Bonchev–Trinajstić information content (AvgIpc) is 2.34. The van der Waals surface area contributed by atoms with Crippen molar-refractivity contribution in [2.45, 2.75) is 25.5 Å².